The summed E-state index contributed by atoms with van der Waals surface area (Å²) in [6.07, 6.45) is -1.19. The van der Waals surface area contributed by atoms with Gasteiger partial charge >= 0.3 is 0 Å². The van der Waals surface area contributed by atoms with Gasteiger partial charge in [0.15, 0.2) is 17.7 Å². The first-order valence-electron chi connectivity index (χ1n) is 9.52. The average Bonchev–Trinajstić information content (AvgIpc) is 3.09. The van der Waals surface area contributed by atoms with E-state index in [1.807, 2.05) is 37.3 Å². The van der Waals surface area contributed by atoms with Crippen molar-refractivity contribution in [1.82, 2.24) is 9.66 Å². The van der Waals surface area contributed by atoms with Crippen molar-refractivity contribution in [3.8, 4) is 16.9 Å². The van der Waals surface area contributed by atoms with Gasteiger partial charge in [-0.25, -0.2) is 8.78 Å². The first-order valence-corrected chi connectivity index (χ1v) is 10.7. The lowest BCUT2D eigenvalue weighted by molar-refractivity contribution is -0.123. The number of nitrogens with one attached hydrogen (secondary N) is 2. The molecule has 4 aromatic rings. The third-order valence-electron chi connectivity index (χ3n) is 4.78. The van der Waals surface area contributed by atoms with Crippen LogP contribution in [-0.2, 0) is 4.79 Å². The number of rotatable bonds is 5. The summed E-state index contributed by atoms with van der Waals surface area (Å²) < 4.78 is 33.1. The van der Waals surface area contributed by atoms with Crippen molar-refractivity contribution in [1.29, 1.82) is 0 Å². The predicted octanol–water partition coefficient (Wildman–Crippen LogP) is 4.91. The number of hydrogen-bond donors (Lipinski definition) is 2. The molecule has 0 saturated heterocycles. The molecular weight excluding hydrogens is 456 g/mol. The molecule has 164 valence electrons. The molecule has 1 atom stereocenters. The normalized spacial score (nSPS) is 12.0. The number of thiophene rings is 1. The molecule has 2 aromatic carbocycles. The van der Waals surface area contributed by atoms with Gasteiger partial charge in [-0.2, -0.15) is 4.68 Å². The van der Waals surface area contributed by atoms with Crippen LogP contribution < -0.4 is 15.7 Å². The second kappa shape index (κ2) is 8.64. The number of benzene rings is 2. The Morgan fingerprint density at radius 3 is 2.62 bits per heavy atom. The van der Waals surface area contributed by atoms with Crippen molar-refractivity contribution in [3.05, 3.63) is 80.2 Å². The predicted molar refractivity (Wildman–Crippen MR) is 122 cm³/mol. The van der Waals surface area contributed by atoms with Gasteiger partial charge in [0.25, 0.3) is 11.5 Å². The van der Waals surface area contributed by atoms with E-state index in [0.29, 0.717) is 16.3 Å². The number of H-pyrrole nitrogens is 1. The van der Waals surface area contributed by atoms with E-state index in [0.717, 1.165) is 32.8 Å². The van der Waals surface area contributed by atoms with Gasteiger partial charge in [0, 0.05) is 16.5 Å². The fourth-order valence-electron chi connectivity index (χ4n) is 3.26. The number of amides is 1. The number of nitrogens with zero attached hydrogens (tertiary/aromatic N) is 1. The topological polar surface area (TPSA) is 76.1 Å². The molecule has 6 nitrogen and oxygen atoms in total. The average molecular weight is 474 g/mol. The number of aryl methyl sites for hydroxylation is 1. The molecule has 2 N–H and O–H groups in total. The standard InChI is InChI=1S/C22H17F2N3O3S2/c1-11(30-16-9-8-14(23)10-15(16)24)19(28)26-27-21(29)18-17(13-6-4-3-5-7-13)12(2)32-20(18)25-22(27)31/h3-11H,1-2H3,(H,25,31)(H,26,28). The SMILES string of the molecule is Cc1sc2[nH]c(=S)n(NC(=O)C(C)Oc3ccc(F)cc3F)c(=O)c2c1-c1ccccc1. The van der Waals surface area contributed by atoms with E-state index in [2.05, 4.69) is 10.4 Å². The van der Waals surface area contributed by atoms with E-state index in [9.17, 15) is 18.4 Å². The van der Waals surface area contributed by atoms with Crippen LogP contribution in [0.25, 0.3) is 21.3 Å². The van der Waals surface area contributed by atoms with Crippen LogP contribution in [0.15, 0.2) is 53.3 Å². The quantitative estimate of drug-likeness (QED) is 0.404. The number of carbonyl (C=O) groups is 1. The highest BCUT2D eigenvalue weighted by atomic mass is 32.1. The maximum atomic E-state index is 13.8. The number of ether oxygens (including phenoxy) is 1. The van der Waals surface area contributed by atoms with Gasteiger partial charge in [0.1, 0.15) is 10.6 Å². The molecule has 2 heterocycles. The molecule has 0 aliphatic rings. The molecular formula is C22H17F2N3O3S2. The zero-order valence-corrected chi connectivity index (χ0v) is 18.6. The van der Waals surface area contributed by atoms with Crippen LogP contribution in [0.5, 0.6) is 5.75 Å². The monoisotopic (exact) mass is 473 g/mol. The fraction of sp³-hybridized carbons (Fsp3) is 0.136. The lowest BCUT2D eigenvalue weighted by atomic mass is 10.0. The van der Waals surface area contributed by atoms with Crippen molar-refractivity contribution >= 4 is 39.7 Å². The summed E-state index contributed by atoms with van der Waals surface area (Å²) in [5, 5.41) is 0.394. The number of carbonyl (C=O) groups excluding carboxylic acids is 1. The number of aromatic nitrogens is 2. The van der Waals surface area contributed by atoms with Crippen molar-refractivity contribution in [3.63, 3.8) is 0 Å². The third-order valence-corrected chi connectivity index (χ3v) is 6.08. The summed E-state index contributed by atoms with van der Waals surface area (Å²) in [7, 11) is 0. The minimum atomic E-state index is -1.19. The molecule has 2 aromatic heterocycles. The Kier molecular flexibility index (Phi) is 5.90. The van der Waals surface area contributed by atoms with Crippen LogP contribution >= 0.6 is 23.6 Å². The lowest BCUT2D eigenvalue weighted by Gasteiger charge is -2.16. The zero-order chi connectivity index (χ0) is 23.0. The molecule has 10 heteroatoms. The molecule has 0 saturated carbocycles. The number of aromatic amines is 1. The fourth-order valence-corrected chi connectivity index (χ4v) is 4.63. The Labute approximate surface area is 190 Å². The van der Waals surface area contributed by atoms with Crippen LogP contribution in [0, 0.1) is 23.3 Å². The Morgan fingerprint density at radius 2 is 1.94 bits per heavy atom. The third kappa shape index (κ3) is 4.06. The van der Waals surface area contributed by atoms with Gasteiger partial charge < -0.3 is 9.72 Å². The summed E-state index contributed by atoms with van der Waals surface area (Å²) in [4.78, 5) is 30.4. The highest BCUT2D eigenvalue weighted by molar-refractivity contribution is 7.71. The molecule has 0 radical (unpaired) electrons. The van der Waals surface area contributed by atoms with Crippen LogP contribution in [0.4, 0.5) is 8.78 Å². The molecule has 1 amide bonds. The van der Waals surface area contributed by atoms with Crippen LogP contribution in [0.1, 0.15) is 11.8 Å². The second-order valence-electron chi connectivity index (χ2n) is 6.98. The Morgan fingerprint density at radius 1 is 1.22 bits per heavy atom. The highest BCUT2D eigenvalue weighted by Gasteiger charge is 2.21. The van der Waals surface area contributed by atoms with Crippen molar-refractivity contribution in [2.45, 2.75) is 20.0 Å². The zero-order valence-electron chi connectivity index (χ0n) is 16.9. The number of halogens is 2. The van der Waals surface area contributed by atoms with E-state index < -0.39 is 29.2 Å². The van der Waals surface area contributed by atoms with Crippen LogP contribution in [0.2, 0.25) is 0 Å². The molecule has 0 aliphatic carbocycles. The molecule has 1 unspecified atom stereocenters. The first-order chi connectivity index (χ1) is 15.3. The maximum absolute atomic E-state index is 13.8. The van der Waals surface area contributed by atoms with E-state index in [-0.39, 0.29) is 10.5 Å². The van der Waals surface area contributed by atoms with Crippen molar-refractivity contribution in [2.24, 2.45) is 0 Å². The van der Waals surface area contributed by atoms with Gasteiger partial charge in [-0.3, -0.25) is 15.0 Å². The minimum absolute atomic E-state index is 0.00289. The Hall–Kier alpha value is -3.37. The van der Waals surface area contributed by atoms with Crippen molar-refractivity contribution in [2.75, 3.05) is 5.43 Å². The summed E-state index contributed by atoms with van der Waals surface area (Å²) in [5.41, 5.74) is 3.54. The number of fused-ring (bicyclic) bond motifs is 1. The van der Waals surface area contributed by atoms with Gasteiger partial charge in [-0.1, -0.05) is 30.3 Å². The van der Waals surface area contributed by atoms with Gasteiger partial charge in [-0.05, 0) is 43.8 Å². The smallest absolute Gasteiger partial charge is 0.282 e. The van der Waals surface area contributed by atoms with Crippen LogP contribution in [-0.4, -0.2) is 21.7 Å². The maximum Gasteiger partial charge on any atom is 0.282 e. The molecule has 0 fully saturated rings. The van der Waals surface area contributed by atoms with Gasteiger partial charge in [-0.15, -0.1) is 11.3 Å². The molecule has 32 heavy (non-hydrogen) atoms. The van der Waals surface area contributed by atoms with Gasteiger partial charge in [0.05, 0.1) is 5.39 Å². The van der Waals surface area contributed by atoms with E-state index >= 15 is 0 Å². The lowest BCUT2D eigenvalue weighted by Crippen LogP contribution is -2.40. The summed E-state index contributed by atoms with van der Waals surface area (Å²) in [6, 6.07) is 12.2. The Balaban J connectivity index is 1.69. The molecule has 0 bridgehead atoms. The van der Waals surface area contributed by atoms with E-state index in [4.69, 9.17) is 17.0 Å². The summed E-state index contributed by atoms with van der Waals surface area (Å²) >= 11 is 6.66. The van der Waals surface area contributed by atoms with E-state index in [1.165, 1.54) is 18.3 Å². The molecule has 0 aliphatic heterocycles. The summed E-state index contributed by atoms with van der Waals surface area (Å²) in [5.74, 6) is -2.73. The minimum Gasteiger partial charge on any atom is -0.478 e. The molecule has 0 spiro atoms. The first kappa shape index (κ1) is 21.8. The van der Waals surface area contributed by atoms with E-state index in [1.54, 1.807) is 0 Å². The number of hydrogen-bond acceptors (Lipinski definition) is 5. The van der Waals surface area contributed by atoms with Crippen molar-refractivity contribution < 1.29 is 18.3 Å². The largest absolute Gasteiger partial charge is 0.478 e. The highest BCUT2D eigenvalue weighted by Crippen LogP contribution is 2.35. The second-order valence-corrected chi connectivity index (χ2v) is 8.60. The van der Waals surface area contributed by atoms with Gasteiger partial charge in [0.2, 0.25) is 4.77 Å². The molecule has 4 rings (SSSR count). The Bertz CT molecular complexity index is 1440. The summed E-state index contributed by atoms with van der Waals surface area (Å²) in [6.45, 7) is 3.28. The van der Waals surface area contributed by atoms with Crippen LogP contribution in [0.3, 0.4) is 0 Å².